The molecule has 1 atom stereocenters. The molecule has 0 aliphatic carbocycles. The van der Waals surface area contributed by atoms with Gasteiger partial charge in [0.15, 0.2) is 17.2 Å². The van der Waals surface area contributed by atoms with E-state index < -0.39 is 11.5 Å². The highest BCUT2D eigenvalue weighted by molar-refractivity contribution is 5.99. The van der Waals surface area contributed by atoms with Crippen LogP contribution < -0.4 is 9.84 Å². The van der Waals surface area contributed by atoms with Crippen molar-refractivity contribution in [2.45, 2.75) is 12.5 Å². The van der Waals surface area contributed by atoms with Gasteiger partial charge >= 0.3 is 0 Å². The fourth-order valence-electron chi connectivity index (χ4n) is 2.11. The van der Waals surface area contributed by atoms with Gasteiger partial charge in [-0.2, -0.15) is 0 Å². The largest absolute Gasteiger partial charge is 0.547 e. The number of pyridine rings is 1. The van der Waals surface area contributed by atoms with E-state index in [-0.39, 0.29) is 36.3 Å². The molecule has 0 spiro atoms. The van der Waals surface area contributed by atoms with Crippen molar-refractivity contribution >= 4 is 11.9 Å². The number of ether oxygens (including phenoxy) is 5. The molecule has 10 heteroatoms. The lowest BCUT2D eigenvalue weighted by molar-refractivity contribution is -0.312. The van der Waals surface area contributed by atoms with Crippen LogP contribution in [0, 0.1) is 0 Å². The Balaban J connectivity index is 1.83. The van der Waals surface area contributed by atoms with Gasteiger partial charge in [-0.25, -0.2) is 9.98 Å². The van der Waals surface area contributed by atoms with Crippen LogP contribution in [0.3, 0.4) is 0 Å². The van der Waals surface area contributed by atoms with Crippen LogP contribution in [0.25, 0.3) is 0 Å². The second kappa shape index (κ2) is 10.0. The van der Waals surface area contributed by atoms with Gasteiger partial charge in [0.2, 0.25) is 5.90 Å². The highest BCUT2D eigenvalue weighted by Gasteiger charge is 2.35. The fourth-order valence-corrected chi connectivity index (χ4v) is 2.11. The summed E-state index contributed by atoms with van der Waals surface area (Å²) in [6, 6.07) is 1.47. The van der Waals surface area contributed by atoms with Gasteiger partial charge in [0.1, 0.15) is 18.8 Å². The first-order valence-electron chi connectivity index (χ1n) is 8.37. The zero-order valence-electron chi connectivity index (χ0n) is 15.3. The van der Waals surface area contributed by atoms with Crippen LogP contribution in [-0.4, -0.2) is 80.9 Å². The molecule has 1 aliphatic heterocycles. The molecule has 0 saturated heterocycles. The second-order valence-corrected chi connectivity index (χ2v) is 5.84. The third-order valence-corrected chi connectivity index (χ3v) is 3.66. The quantitative estimate of drug-likeness (QED) is 0.457. The zero-order valence-corrected chi connectivity index (χ0v) is 15.3. The predicted molar refractivity (Wildman–Crippen MR) is 90.8 cm³/mol. The number of carboxylic acids is 1. The normalized spacial score (nSPS) is 18.8. The summed E-state index contributed by atoms with van der Waals surface area (Å²) in [5.74, 6) is -1.57. The number of aliphatic imine (C=N–C) groups is 1. The Kier molecular flexibility index (Phi) is 7.77. The Hall–Kier alpha value is -2.43. The van der Waals surface area contributed by atoms with Crippen LogP contribution in [0.15, 0.2) is 17.3 Å². The van der Waals surface area contributed by atoms with Gasteiger partial charge in [-0.05, 0) is 6.92 Å². The molecule has 0 aromatic carbocycles. The smallest absolute Gasteiger partial charge is 0.240 e. The number of hydrogen-bond acceptors (Lipinski definition) is 10. The molecule has 27 heavy (non-hydrogen) atoms. The molecule has 0 unspecified atom stereocenters. The molecule has 1 aliphatic rings. The summed E-state index contributed by atoms with van der Waals surface area (Å²) in [4.78, 5) is 19.1. The van der Waals surface area contributed by atoms with Crippen molar-refractivity contribution < 1.29 is 38.7 Å². The van der Waals surface area contributed by atoms with Crippen LogP contribution in [0.2, 0.25) is 0 Å². The summed E-state index contributed by atoms with van der Waals surface area (Å²) >= 11 is 0. The molecule has 0 fully saturated rings. The molecule has 0 bridgehead atoms. The topological polar surface area (TPSA) is 132 Å². The average molecular weight is 383 g/mol. The van der Waals surface area contributed by atoms with Gasteiger partial charge in [0.25, 0.3) is 0 Å². The number of aromatic hydroxyl groups is 1. The van der Waals surface area contributed by atoms with E-state index >= 15 is 0 Å². The number of rotatable bonds is 12. The maximum Gasteiger partial charge on any atom is 0.240 e. The van der Waals surface area contributed by atoms with Crippen molar-refractivity contribution in [1.82, 2.24) is 4.98 Å². The molecule has 1 aromatic rings. The van der Waals surface area contributed by atoms with Crippen LogP contribution in [0.1, 0.15) is 12.6 Å². The van der Waals surface area contributed by atoms with Gasteiger partial charge in [0, 0.05) is 19.4 Å². The highest BCUT2D eigenvalue weighted by atomic mass is 16.6. The summed E-state index contributed by atoms with van der Waals surface area (Å²) in [5.41, 5.74) is -1.51. The minimum Gasteiger partial charge on any atom is -0.547 e. The first-order chi connectivity index (χ1) is 13.0. The number of hydrogen-bond donors (Lipinski definition) is 1. The summed E-state index contributed by atoms with van der Waals surface area (Å²) in [6.07, 6.45) is 1.40. The maximum atomic E-state index is 11.1. The third-order valence-electron chi connectivity index (χ3n) is 3.66. The van der Waals surface area contributed by atoms with Gasteiger partial charge in [-0.3, -0.25) is 0 Å². The van der Waals surface area contributed by atoms with Gasteiger partial charge in [0.05, 0.1) is 39.0 Å². The van der Waals surface area contributed by atoms with Gasteiger partial charge < -0.3 is 38.7 Å². The molecule has 0 amide bonds. The van der Waals surface area contributed by atoms with Crippen molar-refractivity contribution in [2.75, 3.05) is 53.4 Å². The van der Waals surface area contributed by atoms with Crippen molar-refractivity contribution in [3.63, 3.8) is 0 Å². The van der Waals surface area contributed by atoms with Crippen molar-refractivity contribution in [1.29, 1.82) is 0 Å². The Bertz CT molecular complexity index is 666. The van der Waals surface area contributed by atoms with Crippen LogP contribution >= 0.6 is 0 Å². The average Bonchev–Trinajstić information content (AvgIpc) is 3.05. The molecule has 1 N–H and O–H groups in total. The zero-order chi connectivity index (χ0) is 19.7. The molecule has 2 rings (SSSR count). The molecule has 0 saturated carbocycles. The molecular formula is C17H23N2O8-. The van der Waals surface area contributed by atoms with Crippen molar-refractivity contribution in [3.05, 3.63) is 18.0 Å². The molecule has 0 radical (unpaired) electrons. The summed E-state index contributed by atoms with van der Waals surface area (Å²) < 4.78 is 26.2. The molecule has 10 nitrogen and oxygen atoms in total. The van der Waals surface area contributed by atoms with Crippen molar-refractivity contribution in [2.24, 2.45) is 4.99 Å². The number of aromatic nitrogens is 1. The standard InChI is InChI=1S/C17H24N2O8/c1-17(16(21)22)11-27-15(19-17)13-14(20)12(3-4-18-13)26-10-9-25-8-7-24-6-5-23-2/h3-4,20H,5-11H2,1-2H3,(H,21,22)/p-1/t17-/m1/s1. The number of nitrogens with zero attached hydrogens (tertiary/aromatic N) is 2. The predicted octanol–water partition coefficient (Wildman–Crippen LogP) is -0.869. The highest BCUT2D eigenvalue weighted by Crippen LogP contribution is 2.31. The Morgan fingerprint density at radius 3 is 2.56 bits per heavy atom. The lowest BCUT2D eigenvalue weighted by Crippen LogP contribution is -2.45. The van der Waals surface area contributed by atoms with Crippen LogP contribution in [0.4, 0.5) is 0 Å². The number of carbonyl (C=O) groups is 1. The maximum absolute atomic E-state index is 11.1. The Labute approximate surface area is 156 Å². The van der Waals surface area contributed by atoms with E-state index in [1.165, 1.54) is 19.2 Å². The van der Waals surface area contributed by atoms with E-state index in [1.807, 2.05) is 0 Å². The van der Waals surface area contributed by atoms with Crippen LogP contribution in [-0.2, 0) is 23.7 Å². The van der Waals surface area contributed by atoms with E-state index in [1.54, 1.807) is 7.11 Å². The minimum absolute atomic E-state index is 0.00457. The van der Waals surface area contributed by atoms with Crippen molar-refractivity contribution in [3.8, 4) is 11.5 Å². The third kappa shape index (κ3) is 5.78. The number of carbonyl (C=O) groups excluding carboxylic acids is 1. The van der Waals surface area contributed by atoms with E-state index in [9.17, 15) is 15.0 Å². The summed E-state index contributed by atoms with van der Waals surface area (Å²) in [5, 5.41) is 21.4. The second-order valence-electron chi connectivity index (χ2n) is 5.84. The lowest BCUT2D eigenvalue weighted by Gasteiger charge is -2.18. The molecule has 1 aromatic heterocycles. The van der Waals surface area contributed by atoms with E-state index in [2.05, 4.69) is 9.98 Å². The minimum atomic E-state index is -1.51. The first kappa shape index (κ1) is 20.9. The van der Waals surface area contributed by atoms with Gasteiger partial charge in [-0.1, -0.05) is 0 Å². The summed E-state index contributed by atoms with van der Waals surface area (Å²) in [6.45, 7) is 3.55. The fraction of sp³-hybridized carbons (Fsp3) is 0.588. The van der Waals surface area contributed by atoms with E-state index in [0.29, 0.717) is 33.0 Å². The van der Waals surface area contributed by atoms with E-state index in [4.69, 9.17) is 23.7 Å². The van der Waals surface area contributed by atoms with Gasteiger partial charge in [-0.15, -0.1) is 0 Å². The first-order valence-corrected chi connectivity index (χ1v) is 8.37. The lowest BCUT2D eigenvalue weighted by atomic mass is 10.1. The van der Waals surface area contributed by atoms with Crippen LogP contribution in [0.5, 0.6) is 11.5 Å². The summed E-state index contributed by atoms with van der Waals surface area (Å²) in [7, 11) is 1.60. The number of methoxy groups -OCH3 is 1. The number of carboxylic acid groups (broad SMARTS) is 1. The Morgan fingerprint density at radius 2 is 1.93 bits per heavy atom. The van der Waals surface area contributed by atoms with E-state index in [0.717, 1.165) is 0 Å². The molecular weight excluding hydrogens is 360 g/mol. The monoisotopic (exact) mass is 383 g/mol. The Morgan fingerprint density at radius 1 is 1.26 bits per heavy atom. The number of aliphatic carboxylic acids is 1. The molecule has 150 valence electrons. The molecule has 2 heterocycles. The SMILES string of the molecule is COCCOCCOCCOc1ccnc(C2=N[C@@](C)(C(=O)[O-])CO2)c1O.